The molecule has 0 atom stereocenters. The van der Waals surface area contributed by atoms with Crippen LogP contribution >= 0.6 is 0 Å². The van der Waals surface area contributed by atoms with Crippen LogP contribution in [0.2, 0.25) is 0 Å². The molecule has 0 radical (unpaired) electrons. The summed E-state index contributed by atoms with van der Waals surface area (Å²) in [4.78, 5) is 10.0. The predicted octanol–water partition coefficient (Wildman–Crippen LogP) is 0.946. The zero-order valence-electron chi connectivity index (χ0n) is 6.84. The molecule has 0 fully saturated rings. The molecule has 0 saturated heterocycles. The molecule has 0 unspecified atom stereocenters. The Hall–Kier alpha value is -1.98. The van der Waals surface area contributed by atoms with Gasteiger partial charge in [-0.25, -0.2) is 0 Å². The minimum absolute atomic E-state index is 0.0461. The highest BCUT2D eigenvalue weighted by molar-refractivity contribution is 5.50. The number of fused-ring (bicyclic) bond motifs is 1. The summed E-state index contributed by atoms with van der Waals surface area (Å²) in [6.45, 7) is 1.76. The third-order valence-corrected chi connectivity index (χ3v) is 1.77. The number of hydrogen-bond acceptors (Lipinski definition) is 4. The summed E-state index contributed by atoms with van der Waals surface area (Å²) >= 11 is 0. The lowest BCUT2D eigenvalue weighted by Crippen LogP contribution is -1.93. The second kappa shape index (κ2) is 2.51. The molecule has 2 heterocycles. The lowest BCUT2D eigenvalue weighted by Gasteiger charge is -1.96. The maximum absolute atomic E-state index is 10.5. The fourth-order valence-electron chi connectivity index (χ4n) is 1.19. The molecule has 6 nitrogen and oxygen atoms in total. The van der Waals surface area contributed by atoms with Crippen LogP contribution in [0.15, 0.2) is 18.6 Å². The van der Waals surface area contributed by atoms with Crippen LogP contribution in [0.4, 0.5) is 5.69 Å². The van der Waals surface area contributed by atoms with Crippen molar-refractivity contribution in [2.45, 2.75) is 6.92 Å². The van der Waals surface area contributed by atoms with E-state index >= 15 is 0 Å². The number of rotatable bonds is 1. The van der Waals surface area contributed by atoms with Crippen molar-refractivity contribution in [1.29, 1.82) is 0 Å². The first-order valence-corrected chi connectivity index (χ1v) is 3.63. The van der Waals surface area contributed by atoms with Gasteiger partial charge in [-0.15, -0.1) is 10.2 Å². The Bertz CT molecular complexity index is 476. The van der Waals surface area contributed by atoms with E-state index < -0.39 is 4.92 Å². The maximum atomic E-state index is 10.5. The number of hydrogen-bond donors (Lipinski definition) is 0. The van der Waals surface area contributed by atoms with E-state index in [1.165, 1.54) is 23.0 Å². The van der Waals surface area contributed by atoms with Gasteiger partial charge in [0.2, 0.25) is 0 Å². The van der Waals surface area contributed by atoms with Crippen molar-refractivity contribution < 1.29 is 4.92 Å². The summed E-state index contributed by atoms with van der Waals surface area (Å²) in [5, 5.41) is 17.9. The Balaban J connectivity index is 2.77. The lowest BCUT2D eigenvalue weighted by molar-refractivity contribution is -0.385. The number of aromatic nitrogens is 3. The van der Waals surface area contributed by atoms with Crippen molar-refractivity contribution in [3.8, 4) is 0 Å². The van der Waals surface area contributed by atoms with Crippen molar-refractivity contribution in [2.75, 3.05) is 0 Å². The van der Waals surface area contributed by atoms with Crippen molar-refractivity contribution in [3.63, 3.8) is 0 Å². The van der Waals surface area contributed by atoms with Gasteiger partial charge in [0.25, 0.3) is 5.69 Å². The highest BCUT2D eigenvalue weighted by Crippen LogP contribution is 2.15. The molecule has 0 saturated carbocycles. The molecule has 13 heavy (non-hydrogen) atoms. The zero-order valence-corrected chi connectivity index (χ0v) is 6.84. The van der Waals surface area contributed by atoms with Gasteiger partial charge in [-0.1, -0.05) is 0 Å². The first-order chi connectivity index (χ1) is 6.18. The van der Waals surface area contributed by atoms with E-state index in [4.69, 9.17) is 0 Å². The molecule has 0 aliphatic heterocycles. The average Bonchev–Trinajstić information content (AvgIpc) is 2.51. The van der Waals surface area contributed by atoms with E-state index in [0.29, 0.717) is 5.65 Å². The van der Waals surface area contributed by atoms with E-state index in [0.717, 1.165) is 5.56 Å². The minimum Gasteiger partial charge on any atom is -0.282 e. The van der Waals surface area contributed by atoms with Gasteiger partial charge in [-0.3, -0.25) is 14.5 Å². The summed E-state index contributed by atoms with van der Waals surface area (Å²) in [5.74, 6) is 0. The van der Waals surface area contributed by atoms with Crippen LogP contribution in [0.1, 0.15) is 5.56 Å². The van der Waals surface area contributed by atoms with Crippen LogP contribution in [0.5, 0.6) is 0 Å². The summed E-state index contributed by atoms with van der Waals surface area (Å²) < 4.78 is 1.54. The Labute approximate surface area is 73.0 Å². The van der Waals surface area contributed by atoms with E-state index in [9.17, 15) is 10.1 Å². The molecule has 0 bridgehead atoms. The molecule has 2 aromatic heterocycles. The molecule has 0 amide bonds. The Kier molecular flexibility index (Phi) is 1.48. The topological polar surface area (TPSA) is 73.3 Å². The fourth-order valence-corrected chi connectivity index (χ4v) is 1.19. The molecule has 0 aliphatic carbocycles. The number of pyridine rings is 1. The highest BCUT2D eigenvalue weighted by atomic mass is 16.6. The fraction of sp³-hybridized carbons (Fsp3) is 0.143. The van der Waals surface area contributed by atoms with E-state index in [-0.39, 0.29) is 5.69 Å². The monoisotopic (exact) mass is 178 g/mol. The van der Waals surface area contributed by atoms with Crippen molar-refractivity contribution in [2.24, 2.45) is 0 Å². The molecule has 66 valence electrons. The van der Waals surface area contributed by atoms with Crippen LogP contribution in [0.3, 0.4) is 0 Å². The van der Waals surface area contributed by atoms with E-state index in [2.05, 4.69) is 10.2 Å². The summed E-state index contributed by atoms with van der Waals surface area (Å²) in [5.41, 5.74) is 1.43. The van der Waals surface area contributed by atoms with Gasteiger partial charge >= 0.3 is 0 Å². The molecule has 0 spiro atoms. The largest absolute Gasteiger partial charge is 0.286 e. The Morgan fingerprint density at radius 3 is 3.08 bits per heavy atom. The van der Waals surface area contributed by atoms with Gasteiger partial charge in [-0.05, 0) is 6.92 Å². The average molecular weight is 178 g/mol. The van der Waals surface area contributed by atoms with Crippen LogP contribution < -0.4 is 0 Å². The molecular formula is C7H6N4O2. The molecule has 0 aliphatic rings. The van der Waals surface area contributed by atoms with E-state index in [1.807, 2.05) is 0 Å². The van der Waals surface area contributed by atoms with Crippen LogP contribution in [0.25, 0.3) is 5.65 Å². The normalized spacial score (nSPS) is 10.5. The molecule has 6 heteroatoms. The second-order valence-corrected chi connectivity index (χ2v) is 2.70. The smallest absolute Gasteiger partial charge is 0.282 e. The van der Waals surface area contributed by atoms with Crippen molar-refractivity contribution in [3.05, 3.63) is 34.3 Å². The van der Waals surface area contributed by atoms with Gasteiger partial charge in [-0.2, -0.15) is 0 Å². The first kappa shape index (κ1) is 7.66. The van der Waals surface area contributed by atoms with Crippen LogP contribution in [0, 0.1) is 17.0 Å². The summed E-state index contributed by atoms with van der Waals surface area (Å²) in [7, 11) is 0. The minimum atomic E-state index is -0.438. The van der Waals surface area contributed by atoms with Gasteiger partial charge in [0.15, 0.2) is 5.65 Å². The summed E-state index contributed by atoms with van der Waals surface area (Å²) in [6.07, 6.45) is 2.83. The molecule has 2 aromatic rings. The number of aryl methyl sites for hydroxylation is 1. The third kappa shape index (κ3) is 1.12. The van der Waals surface area contributed by atoms with E-state index in [1.54, 1.807) is 6.92 Å². The second-order valence-electron chi connectivity index (χ2n) is 2.70. The maximum Gasteiger partial charge on any atom is 0.286 e. The van der Waals surface area contributed by atoms with Gasteiger partial charge in [0.05, 0.1) is 11.1 Å². The number of nitrogens with zero attached hydrogens (tertiary/aromatic N) is 4. The zero-order chi connectivity index (χ0) is 9.42. The SMILES string of the molecule is Cc1cc([N+](=O)[O-])cn2cnnc12. The van der Waals surface area contributed by atoms with Crippen molar-refractivity contribution >= 4 is 11.3 Å². The van der Waals surface area contributed by atoms with Crippen LogP contribution in [-0.2, 0) is 0 Å². The highest BCUT2D eigenvalue weighted by Gasteiger charge is 2.09. The molecular weight excluding hydrogens is 172 g/mol. The molecule has 2 rings (SSSR count). The van der Waals surface area contributed by atoms with Gasteiger partial charge in [0.1, 0.15) is 6.33 Å². The quantitative estimate of drug-likeness (QED) is 0.481. The number of nitro groups is 1. The predicted molar refractivity (Wildman–Crippen MR) is 44.4 cm³/mol. The Morgan fingerprint density at radius 2 is 2.38 bits per heavy atom. The van der Waals surface area contributed by atoms with Crippen LogP contribution in [-0.4, -0.2) is 19.5 Å². The first-order valence-electron chi connectivity index (χ1n) is 3.63. The molecule has 0 N–H and O–H groups in total. The Morgan fingerprint density at radius 1 is 1.62 bits per heavy atom. The molecule has 0 aromatic carbocycles. The van der Waals surface area contributed by atoms with Crippen molar-refractivity contribution in [1.82, 2.24) is 14.6 Å². The third-order valence-electron chi connectivity index (χ3n) is 1.77. The van der Waals surface area contributed by atoms with Gasteiger partial charge in [0, 0.05) is 11.6 Å². The lowest BCUT2D eigenvalue weighted by atomic mass is 10.3. The summed E-state index contributed by atoms with van der Waals surface area (Å²) in [6, 6.07) is 1.48. The standard InChI is InChI=1S/C7H6N4O2/c1-5-2-6(11(12)13)3-10-4-8-9-7(5)10/h2-4H,1H3. The van der Waals surface area contributed by atoms with Gasteiger partial charge < -0.3 is 0 Å².